The summed E-state index contributed by atoms with van der Waals surface area (Å²) in [7, 11) is 0. The molecule has 0 aliphatic rings. The first-order valence-electron chi connectivity index (χ1n) is 6.44. The summed E-state index contributed by atoms with van der Waals surface area (Å²) in [6.07, 6.45) is 1.09. The highest BCUT2D eigenvalue weighted by molar-refractivity contribution is 6.35. The Balaban J connectivity index is 2.55. The number of amides is 2. The maximum atomic E-state index is 11.9. The largest absolute Gasteiger partial charge is 0.342 e. The van der Waals surface area contributed by atoms with E-state index in [0.717, 1.165) is 6.42 Å². The Labute approximate surface area is 129 Å². The molecule has 0 aliphatic heterocycles. The Bertz CT molecular complexity index is 492. The summed E-state index contributed by atoms with van der Waals surface area (Å²) in [6, 6.07) is 4.87. The predicted octanol–water partition coefficient (Wildman–Crippen LogP) is 3.58. The van der Waals surface area contributed by atoms with E-state index >= 15 is 0 Å². The van der Waals surface area contributed by atoms with E-state index in [1.807, 2.05) is 6.92 Å². The van der Waals surface area contributed by atoms with Crippen molar-refractivity contribution in [2.24, 2.45) is 0 Å². The van der Waals surface area contributed by atoms with Crippen LogP contribution in [0, 0.1) is 0 Å². The minimum absolute atomic E-state index is 0.0274. The summed E-state index contributed by atoms with van der Waals surface area (Å²) < 4.78 is 0. The topological polar surface area (TPSA) is 49.4 Å². The van der Waals surface area contributed by atoms with Gasteiger partial charge in [0.25, 0.3) is 0 Å². The van der Waals surface area contributed by atoms with Crippen LogP contribution in [0.3, 0.4) is 0 Å². The Kier molecular flexibility index (Phi) is 6.82. The number of nitrogens with one attached hydrogen (secondary N) is 1. The van der Waals surface area contributed by atoms with Crippen LogP contribution in [0.1, 0.15) is 26.7 Å². The van der Waals surface area contributed by atoms with Crippen molar-refractivity contribution in [3.63, 3.8) is 0 Å². The van der Waals surface area contributed by atoms with E-state index in [1.165, 1.54) is 6.92 Å². The summed E-state index contributed by atoms with van der Waals surface area (Å²) in [5.74, 6) is -0.225. The molecule has 0 saturated carbocycles. The van der Waals surface area contributed by atoms with Gasteiger partial charge in [0, 0.05) is 31.5 Å². The molecule has 0 spiro atoms. The van der Waals surface area contributed by atoms with Gasteiger partial charge in [0.2, 0.25) is 11.8 Å². The fourth-order valence-corrected chi connectivity index (χ4v) is 2.08. The van der Waals surface area contributed by atoms with E-state index in [0.29, 0.717) is 28.8 Å². The van der Waals surface area contributed by atoms with Gasteiger partial charge >= 0.3 is 0 Å². The zero-order chi connectivity index (χ0) is 15.1. The van der Waals surface area contributed by atoms with Crippen molar-refractivity contribution >= 4 is 40.7 Å². The maximum absolute atomic E-state index is 11.9. The van der Waals surface area contributed by atoms with Gasteiger partial charge in [-0.25, -0.2) is 0 Å². The molecule has 4 nitrogen and oxygen atoms in total. The molecule has 1 aromatic rings. The molecule has 2 amide bonds. The first-order valence-corrected chi connectivity index (χ1v) is 7.20. The van der Waals surface area contributed by atoms with Gasteiger partial charge in [0.05, 0.1) is 10.7 Å². The van der Waals surface area contributed by atoms with Gasteiger partial charge in [-0.2, -0.15) is 0 Å². The molecule has 1 rings (SSSR count). The third kappa shape index (κ3) is 5.39. The van der Waals surface area contributed by atoms with Crippen molar-refractivity contribution < 1.29 is 9.59 Å². The second kappa shape index (κ2) is 8.12. The number of anilines is 1. The number of halogens is 2. The fourth-order valence-electron chi connectivity index (χ4n) is 1.74. The van der Waals surface area contributed by atoms with Crippen molar-refractivity contribution in [2.75, 3.05) is 18.4 Å². The van der Waals surface area contributed by atoms with Crippen LogP contribution in [-0.4, -0.2) is 29.8 Å². The Hall–Kier alpha value is -1.26. The molecule has 1 N–H and O–H groups in total. The quantitative estimate of drug-likeness (QED) is 0.872. The van der Waals surface area contributed by atoms with Crippen molar-refractivity contribution in [2.45, 2.75) is 26.7 Å². The van der Waals surface area contributed by atoms with Crippen LogP contribution < -0.4 is 5.32 Å². The summed E-state index contributed by atoms with van der Waals surface area (Å²) in [6.45, 7) is 4.54. The second-order valence-electron chi connectivity index (χ2n) is 4.43. The molecule has 110 valence electrons. The monoisotopic (exact) mass is 316 g/mol. The second-order valence-corrected chi connectivity index (χ2v) is 5.27. The number of carbonyl (C=O) groups excluding carboxylic acids is 2. The van der Waals surface area contributed by atoms with Crippen LogP contribution >= 0.6 is 23.2 Å². The van der Waals surface area contributed by atoms with E-state index in [2.05, 4.69) is 5.32 Å². The molecule has 0 saturated heterocycles. The number of hydrogen-bond acceptors (Lipinski definition) is 2. The van der Waals surface area contributed by atoms with Crippen molar-refractivity contribution in [1.29, 1.82) is 0 Å². The predicted molar refractivity (Wildman–Crippen MR) is 82.3 cm³/mol. The van der Waals surface area contributed by atoms with Gasteiger partial charge in [-0.15, -0.1) is 0 Å². The molecule has 0 bridgehead atoms. The molecule has 20 heavy (non-hydrogen) atoms. The van der Waals surface area contributed by atoms with Crippen LogP contribution in [0.4, 0.5) is 5.69 Å². The van der Waals surface area contributed by atoms with E-state index in [1.54, 1.807) is 23.1 Å². The third-order valence-corrected chi connectivity index (χ3v) is 3.31. The van der Waals surface area contributed by atoms with E-state index in [-0.39, 0.29) is 18.2 Å². The lowest BCUT2D eigenvalue weighted by molar-refractivity contribution is -0.129. The van der Waals surface area contributed by atoms with Crippen LogP contribution in [0.5, 0.6) is 0 Å². The van der Waals surface area contributed by atoms with Gasteiger partial charge < -0.3 is 10.2 Å². The van der Waals surface area contributed by atoms with Crippen LogP contribution in [0.25, 0.3) is 0 Å². The first kappa shape index (κ1) is 16.8. The van der Waals surface area contributed by atoms with Crippen molar-refractivity contribution in [3.8, 4) is 0 Å². The molecule has 0 heterocycles. The van der Waals surface area contributed by atoms with Gasteiger partial charge in [-0.3, -0.25) is 9.59 Å². The summed E-state index contributed by atoms with van der Waals surface area (Å²) in [4.78, 5) is 24.9. The lowest BCUT2D eigenvalue weighted by Crippen LogP contribution is -2.32. The third-order valence-electron chi connectivity index (χ3n) is 2.75. The van der Waals surface area contributed by atoms with E-state index in [4.69, 9.17) is 23.2 Å². The minimum Gasteiger partial charge on any atom is -0.342 e. The summed E-state index contributed by atoms with van der Waals surface area (Å²) >= 11 is 11.8. The van der Waals surface area contributed by atoms with Crippen molar-refractivity contribution in [1.82, 2.24) is 4.90 Å². The first-order chi connectivity index (χ1) is 9.43. The molecule has 6 heteroatoms. The molecule has 0 fully saturated rings. The van der Waals surface area contributed by atoms with Crippen LogP contribution in [0.2, 0.25) is 10.0 Å². The normalized spacial score (nSPS) is 10.2. The average molecular weight is 317 g/mol. The van der Waals surface area contributed by atoms with Gasteiger partial charge in [-0.05, 0) is 24.6 Å². The molecule has 0 aromatic heterocycles. The minimum atomic E-state index is -0.198. The number of benzene rings is 1. The lowest BCUT2D eigenvalue weighted by atomic mass is 10.3. The smallest absolute Gasteiger partial charge is 0.226 e. The number of hydrogen-bond donors (Lipinski definition) is 1. The van der Waals surface area contributed by atoms with Gasteiger partial charge in [0.15, 0.2) is 0 Å². The van der Waals surface area contributed by atoms with Gasteiger partial charge in [-0.1, -0.05) is 30.1 Å². The molecule has 0 radical (unpaired) electrons. The molecular weight excluding hydrogens is 299 g/mol. The Morgan fingerprint density at radius 3 is 2.55 bits per heavy atom. The van der Waals surface area contributed by atoms with Crippen LogP contribution in [0.15, 0.2) is 18.2 Å². The molecule has 0 aliphatic carbocycles. The van der Waals surface area contributed by atoms with Crippen molar-refractivity contribution in [3.05, 3.63) is 28.2 Å². The highest BCUT2D eigenvalue weighted by Crippen LogP contribution is 2.25. The maximum Gasteiger partial charge on any atom is 0.226 e. The van der Waals surface area contributed by atoms with Crippen LogP contribution in [-0.2, 0) is 9.59 Å². The van der Waals surface area contributed by atoms with E-state index < -0.39 is 0 Å². The highest BCUT2D eigenvalue weighted by Gasteiger charge is 2.11. The van der Waals surface area contributed by atoms with Gasteiger partial charge in [0.1, 0.15) is 0 Å². The fraction of sp³-hybridized carbons (Fsp3) is 0.429. The molecule has 0 unspecified atom stereocenters. The number of carbonyl (C=O) groups is 2. The zero-order valence-electron chi connectivity index (χ0n) is 11.6. The molecular formula is C14H18Cl2N2O2. The molecule has 0 atom stereocenters. The average Bonchev–Trinajstić information content (AvgIpc) is 2.38. The Morgan fingerprint density at radius 1 is 1.25 bits per heavy atom. The zero-order valence-corrected chi connectivity index (χ0v) is 13.1. The summed E-state index contributed by atoms with van der Waals surface area (Å²) in [5, 5.41) is 3.63. The lowest BCUT2D eigenvalue weighted by Gasteiger charge is -2.19. The van der Waals surface area contributed by atoms with E-state index in [9.17, 15) is 9.59 Å². The SMILES string of the molecule is CCCN(CCC(=O)Nc1cc(Cl)ccc1Cl)C(C)=O. The number of nitrogens with zero attached hydrogens (tertiary/aromatic N) is 1. The summed E-state index contributed by atoms with van der Waals surface area (Å²) in [5.41, 5.74) is 0.481. The Morgan fingerprint density at radius 2 is 1.95 bits per heavy atom. The number of rotatable bonds is 6. The highest BCUT2D eigenvalue weighted by atomic mass is 35.5. The molecule has 1 aromatic carbocycles. The standard InChI is InChI=1S/C14H18Cl2N2O2/c1-3-7-18(10(2)19)8-6-14(20)17-13-9-11(15)4-5-12(13)16/h4-5,9H,3,6-8H2,1-2H3,(H,17,20).